The molecule has 1 aliphatic heterocycles. The van der Waals surface area contributed by atoms with Crippen LogP contribution in [-0.4, -0.2) is 44.0 Å². The lowest BCUT2D eigenvalue weighted by Gasteiger charge is -2.20. The minimum atomic E-state index is 0.119. The van der Waals surface area contributed by atoms with Crippen molar-refractivity contribution < 1.29 is 0 Å². The van der Waals surface area contributed by atoms with Crippen molar-refractivity contribution in [2.24, 2.45) is 0 Å². The maximum absolute atomic E-state index is 5.68. The number of halogens is 2. The number of aromatic nitrogens is 3. The molecule has 0 aromatic carbocycles. The van der Waals surface area contributed by atoms with E-state index in [9.17, 15) is 0 Å². The molecular weight excluding hydrogens is 287 g/mol. The maximum atomic E-state index is 5.68. The number of anilines is 1. The first-order valence-electron chi connectivity index (χ1n) is 4.74. The Bertz CT molecular complexity index is 340. The number of rotatable bonds is 3. The minimum Gasteiger partial charge on any atom is -0.353 e. The Balaban J connectivity index is 1.88. The fourth-order valence-corrected chi connectivity index (χ4v) is 4.24. The average Bonchev–Trinajstić information content (AvgIpc) is 2.27. The van der Waals surface area contributed by atoms with Gasteiger partial charge in [0.25, 0.3) is 0 Å². The molecule has 0 spiro atoms. The van der Waals surface area contributed by atoms with Gasteiger partial charge in [0.2, 0.25) is 16.5 Å². The molecule has 88 valence electrons. The van der Waals surface area contributed by atoms with Gasteiger partial charge in [0.15, 0.2) is 0 Å². The zero-order chi connectivity index (χ0) is 11.4. The van der Waals surface area contributed by atoms with Crippen LogP contribution in [0.5, 0.6) is 0 Å². The van der Waals surface area contributed by atoms with E-state index in [1.54, 1.807) is 0 Å². The van der Waals surface area contributed by atoms with Crippen LogP contribution in [0.1, 0.15) is 0 Å². The van der Waals surface area contributed by atoms with Gasteiger partial charge in [-0.3, -0.25) is 0 Å². The highest BCUT2D eigenvalue weighted by Gasteiger charge is 2.14. The van der Waals surface area contributed by atoms with Gasteiger partial charge in [0, 0.05) is 29.1 Å². The molecule has 0 amide bonds. The average molecular weight is 297 g/mol. The van der Waals surface area contributed by atoms with E-state index in [1.165, 1.54) is 11.5 Å². The normalized spacial score (nSPS) is 20.8. The highest BCUT2D eigenvalue weighted by molar-refractivity contribution is 8.06. The second-order valence-corrected chi connectivity index (χ2v) is 6.38. The summed E-state index contributed by atoms with van der Waals surface area (Å²) in [5.74, 6) is 4.05. The molecule has 1 N–H and O–H groups in total. The third-order valence-electron chi connectivity index (χ3n) is 1.95. The van der Waals surface area contributed by atoms with Gasteiger partial charge < -0.3 is 5.32 Å². The molecule has 16 heavy (non-hydrogen) atoms. The molecule has 8 heteroatoms. The summed E-state index contributed by atoms with van der Waals surface area (Å²) in [4.78, 5) is 11.6. The largest absolute Gasteiger partial charge is 0.353 e. The summed E-state index contributed by atoms with van der Waals surface area (Å²) in [6.45, 7) is 0.828. The molecule has 1 atom stereocenters. The van der Waals surface area contributed by atoms with E-state index in [0.717, 1.165) is 12.3 Å². The molecule has 2 heterocycles. The first-order valence-corrected chi connectivity index (χ1v) is 7.70. The first-order chi connectivity index (χ1) is 7.74. The summed E-state index contributed by atoms with van der Waals surface area (Å²) in [7, 11) is 0. The Labute approximate surface area is 112 Å². The number of nitrogens with zero attached hydrogens (tertiary/aromatic N) is 3. The van der Waals surface area contributed by atoms with Gasteiger partial charge in [-0.25, -0.2) is 0 Å². The standard InChI is InChI=1S/C8H10Cl2N4S2/c9-6-12-7(10)14-8(13-6)11-3-5-4-15-1-2-16-5/h5H,1-4H2,(H,11,12,13,14). The Morgan fingerprint density at radius 3 is 2.56 bits per heavy atom. The number of hydrogen-bond acceptors (Lipinski definition) is 6. The van der Waals surface area contributed by atoms with E-state index >= 15 is 0 Å². The highest BCUT2D eigenvalue weighted by Crippen LogP contribution is 2.24. The summed E-state index contributed by atoms with van der Waals surface area (Å²) in [5.41, 5.74) is 0. The van der Waals surface area contributed by atoms with E-state index in [2.05, 4.69) is 20.3 Å². The van der Waals surface area contributed by atoms with Gasteiger partial charge in [-0.1, -0.05) is 0 Å². The Morgan fingerprint density at radius 1 is 1.19 bits per heavy atom. The molecule has 1 aliphatic rings. The predicted molar refractivity (Wildman–Crippen MR) is 71.9 cm³/mol. The molecule has 0 radical (unpaired) electrons. The number of thioether (sulfide) groups is 2. The second-order valence-electron chi connectivity index (χ2n) is 3.15. The van der Waals surface area contributed by atoms with Gasteiger partial charge >= 0.3 is 0 Å². The number of nitrogens with one attached hydrogen (secondary N) is 1. The zero-order valence-corrected chi connectivity index (χ0v) is 11.5. The van der Waals surface area contributed by atoms with Gasteiger partial charge in [0.1, 0.15) is 0 Å². The molecule has 1 fully saturated rings. The van der Waals surface area contributed by atoms with Gasteiger partial charge in [-0.15, -0.1) is 0 Å². The van der Waals surface area contributed by atoms with Crippen LogP contribution in [0.2, 0.25) is 10.6 Å². The monoisotopic (exact) mass is 296 g/mol. The van der Waals surface area contributed by atoms with Crippen molar-refractivity contribution >= 4 is 52.7 Å². The molecule has 0 bridgehead atoms. The molecular formula is C8H10Cl2N4S2. The molecule has 4 nitrogen and oxygen atoms in total. The Hall–Kier alpha value is 0.0900. The van der Waals surface area contributed by atoms with Crippen LogP contribution in [0.4, 0.5) is 5.95 Å². The van der Waals surface area contributed by atoms with E-state index in [4.69, 9.17) is 23.2 Å². The quantitative estimate of drug-likeness (QED) is 0.925. The van der Waals surface area contributed by atoms with Crippen LogP contribution in [-0.2, 0) is 0 Å². The summed E-state index contributed by atoms with van der Waals surface area (Å²) >= 11 is 15.3. The van der Waals surface area contributed by atoms with Crippen LogP contribution in [0, 0.1) is 0 Å². The molecule has 1 aromatic heterocycles. The fourth-order valence-electron chi connectivity index (χ4n) is 1.26. The van der Waals surface area contributed by atoms with E-state index in [1.807, 2.05) is 23.5 Å². The maximum Gasteiger partial charge on any atom is 0.228 e. The fraction of sp³-hybridized carbons (Fsp3) is 0.625. The predicted octanol–water partition coefficient (Wildman–Crippen LogP) is 2.44. The van der Waals surface area contributed by atoms with Crippen molar-refractivity contribution in [3.05, 3.63) is 10.6 Å². The lowest BCUT2D eigenvalue weighted by molar-refractivity contribution is 0.955. The van der Waals surface area contributed by atoms with Crippen molar-refractivity contribution in [3.63, 3.8) is 0 Å². The van der Waals surface area contributed by atoms with Crippen LogP contribution in [0.3, 0.4) is 0 Å². The Morgan fingerprint density at radius 2 is 1.94 bits per heavy atom. The lowest BCUT2D eigenvalue weighted by Crippen LogP contribution is -2.24. The van der Waals surface area contributed by atoms with Crippen molar-refractivity contribution in [3.8, 4) is 0 Å². The summed E-state index contributed by atoms with van der Waals surface area (Å²) < 4.78 is 0. The molecule has 2 rings (SSSR count). The molecule has 1 aromatic rings. The molecule has 1 saturated heterocycles. The molecule has 0 saturated carbocycles. The topological polar surface area (TPSA) is 50.7 Å². The second kappa shape index (κ2) is 6.14. The summed E-state index contributed by atoms with van der Waals surface area (Å²) in [6.07, 6.45) is 0. The van der Waals surface area contributed by atoms with Crippen LogP contribution >= 0.6 is 46.7 Å². The van der Waals surface area contributed by atoms with Crippen molar-refractivity contribution in [2.45, 2.75) is 5.25 Å². The molecule has 0 aliphatic carbocycles. The summed E-state index contributed by atoms with van der Waals surface area (Å²) in [5, 5.41) is 3.96. The Kier molecular flexibility index (Phi) is 4.81. The van der Waals surface area contributed by atoms with Gasteiger partial charge in [0.05, 0.1) is 0 Å². The van der Waals surface area contributed by atoms with Crippen molar-refractivity contribution in [2.75, 3.05) is 29.1 Å². The minimum absolute atomic E-state index is 0.119. The van der Waals surface area contributed by atoms with Crippen molar-refractivity contribution in [1.29, 1.82) is 0 Å². The van der Waals surface area contributed by atoms with Crippen LogP contribution in [0.25, 0.3) is 0 Å². The number of hydrogen-bond donors (Lipinski definition) is 1. The SMILES string of the molecule is Clc1nc(Cl)nc(NCC2CSCCS2)n1. The third-order valence-corrected chi connectivity index (χ3v) is 5.14. The van der Waals surface area contributed by atoms with E-state index in [0.29, 0.717) is 11.2 Å². The highest BCUT2D eigenvalue weighted by atomic mass is 35.5. The van der Waals surface area contributed by atoms with Gasteiger partial charge in [-0.2, -0.15) is 38.5 Å². The van der Waals surface area contributed by atoms with Crippen molar-refractivity contribution in [1.82, 2.24) is 15.0 Å². The van der Waals surface area contributed by atoms with E-state index < -0.39 is 0 Å². The zero-order valence-electron chi connectivity index (χ0n) is 8.32. The van der Waals surface area contributed by atoms with Crippen LogP contribution in [0.15, 0.2) is 0 Å². The first kappa shape index (κ1) is 12.5. The smallest absolute Gasteiger partial charge is 0.228 e. The van der Waals surface area contributed by atoms with E-state index in [-0.39, 0.29) is 10.6 Å². The third kappa shape index (κ3) is 3.84. The summed E-state index contributed by atoms with van der Waals surface area (Å²) in [6, 6.07) is 0. The lowest BCUT2D eigenvalue weighted by atomic mass is 10.5. The van der Waals surface area contributed by atoms with Crippen LogP contribution < -0.4 is 5.32 Å². The van der Waals surface area contributed by atoms with Gasteiger partial charge in [-0.05, 0) is 23.2 Å². The molecule has 1 unspecified atom stereocenters.